The molecule has 0 unspecified atom stereocenters. The van der Waals surface area contributed by atoms with Crippen molar-refractivity contribution in [2.45, 2.75) is 13.8 Å². The predicted molar refractivity (Wildman–Crippen MR) is 61.8 cm³/mol. The predicted octanol–water partition coefficient (Wildman–Crippen LogP) is 2.70. The molecule has 0 aliphatic carbocycles. The highest BCUT2D eigenvalue weighted by Crippen LogP contribution is 2.26. The zero-order valence-electron chi connectivity index (χ0n) is 9.00. The molecule has 0 aromatic carbocycles. The number of nitrogens with zero attached hydrogens (tertiary/aromatic N) is 1. The van der Waals surface area contributed by atoms with E-state index in [1.807, 2.05) is 6.92 Å². The van der Waals surface area contributed by atoms with E-state index >= 15 is 0 Å². The van der Waals surface area contributed by atoms with Gasteiger partial charge in [-0.05, 0) is 19.4 Å². The molecule has 0 radical (unpaired) electrons. The van der Waals surface area contributed by atoms with Crippen molar-refractivity contribution in [3.8, 4) is 0 Å². The number of carbonyl (C=O) groups is 1. The molecule has 0 saturated carbocycles. The minimum Gasteiger partial charge on any atom is -0.462 e. The van der Waals surface area contributed by atoms with Crippen molar-refractivity contribution in [1.29, 1.82) is 0 Å². The molecule has 0 fully saturated rings. The smallest absolute Gasteiger partial charge is 0.340 e. The molecule has 0 spiro atoms. The van der Waals surface area contributed by atoms with Crippen LogP contribution >= 0.6 is 11.6 Å². The van der Waals surface area contributed by atoms with E-state index in [-0.39, 0.29) is 5.97 Å². The Morgan fingerprint density at radius 1 is 1.62 bits per heavy atom. The quantitative estimate of drug-likeness (QED) is 0.647. The summed E-state index contributed by atoms with van der Waals surface area (Å²) >= 11 is 5.93. The molecular weight excluding hydrogens is 228 g/mol. The normalized spacial score (nSPS) is 10.7. The first-order valence-electron chi connectivity index (χ1n) is 4.94. The largest absolute Gasteiger partial charge is 0.462 e. The van der Waals surface area contributed by atoms with Gasteiger partial charge in [-0.1, -0.05) is 11.6 Å². The van der Waals surface area contributed by atoms with Gasteiger partial charge in [-0.15, -0.1) is 0 Å². The highest BCUT2D eigenvalue weighted by molar-refractivity contribution is 6.34. The highest BCUT2D eigenvalue weighted by Gasteiger charge is 2.16. The first-order valence-corrected chi connectivity index (χ1v) is 5.32. The number of H-pyrrole nitrogens is 1. The lowest BCUT2D eigenvalue weighted by Crippen LogP contribution is -2.06. The SMILES string of the molecule is CCOC(=O)c1cnc(Cl)c2[nH]cc(C)c12. The third kappa shape index (κ3) is 1.65. The first kappa shape index (κ1) is 11.0. The van der Waals surface area contributed by atoms with Gasteiger partial charge in [0.2, 0.25) is 0 Å². The van der Waals surface area contributed by atoms with Crippen LogP contribution in [0.15, 0.2) is 12.4 Å². The number of aromatic nitrogens is 2. The van der Waals surface area contributed by atoms with E-state index in [4.69, 9.17) is 16.3 Å². The van der Waals surface area contributed by atoms with Gasteiger partial charge in [-0.3, -0.25) is 0 Å². The van der Waals surface area contributed by atoms with Crippen LogP contribution in [0.1, 0.15) is 22.8 Å². The molecule has 0 aliphatic heterocycles. The molecule has 16 heavy (non-hydrogen) atoms. The maximum Gasteiger partial charge on any atom is 0.340 e. The van der Waals surface area contributed by atoms with Gasteiger partial charge >= 0.3 is 5.97 Å². The Labute approximate surface area is 97.6 Å². The number of aromatic amines is 1. The van der Waals surface area contributed by atoms with E-state index in [9.17, 15) is 4.79 Å². The van der Waals surface area contributed by atoms with Crippen molar-refractivity contribution in [1.82, 2.24) is 9.97 Å². The second-order valence-corrected chi connectivity index (χ2v) is 3.76. The second kappa shape index (κ2) is 4.14. The fourth-order valence-electron chi connectivity index (χ4n) is 1.65. The molecule has 0 saturated heterocycles. The number of aryl methyl sites for hydroxylation is 1. The number of hydrogen-bond acceptors (Lipinski definition) is 3. The lowest BCUT2D eigenvalue weighted by atomic mass is 10.1. The molecule has 2 heterocycles. The Morgan fingerprint density at radius 3 is 3.06 bits per heavy atom. The van der Waals surface area contributed by atoms with Crippen LogP contribution in [-0.2, 0) is 4.74 Å². The Kier molecular flexibility index (Phi) is 2.83. The van der Waals surface area contributed by atoms with Gasteiger partial charge in [0.05, 0.1) is 17.7 Å². The van der Waals surface area contributed by atoms with E-state index in [0.29, 0.717) is 22.8 Å². The fourth-order valence-corrected chi connectivity index (χ4v) is 1.84. The summed E-state index contributed by atoms with van der Waals surface area (Å²) in [4.78, 5) is 18.6. The van der Waals surface area contributed by atoms with Crippen molar-refractivity contribution in [3.63, 3.8) is 0 Å². The molecular formula is C11H11ClN2O2. The summed E-state index contributed by atoms with van der Waals surface area (Å²) in [5, 5.41) is 1.13. The van der Waals surface area contributed by atoms with Crippen LogP contribution < -0.4 is 0 Å². The number of esters is 1. The number of nitrogens with one attached hydrogen (secondary N) is 1. The molecule has 5 heteroatoms. The molecule has 2 aromatic heterocycles. The summed E-state index contributed by atoms with van der Waals surface area (Å²) in [6.45, 7) is 4.01. The minimum absolute atomic E-state index is 0.340. The molecule has 2 rings (SSSR count). The highest BCUT2D eigenvalue weighted by atomic mass is 35.5. The molecule has 0 bridgehead atoms. The van der Waals surface area contributed by atoms with Gasteiger partial charge in [-0.25, -0.2) is 9.78 Å². The van der Waals surface area contributed by atoms with E-state index in [0.717, 1.165) is 10.9 Å². The fraction of sp³-hybridized carbons (Fsp3) is 0.273. The number of ether oxygens (including phenoxy) is 1. The van der Waals surface area contributed by atoms with Crippen molar-refractivity contribution in [2.75, 3.05) is 6.61 Å². The van der Waals surface area contributed by atoms with Crippen molar-refractivity contribution in [2.24, 2.45) is 0 Å². The summed E-state index contributed by atoms with van der Waals surface area (Å²) in [5.41, 5.74) is 2.06. The van der Waals surface area contributed by atoms with Crippen LogP contribution in [0.2, 0.25) is 5.15 Å². The monoisotopic (exact) mass is 238 g/mol. The second-order valence-electron chi connectivity index (χ2n) is 3.40. The zero-order valence-corrected chi connectivity index (χ0v) is 9.76. The number of hydrogen-bond donors (Lipinski definition) is 1. The minimum atomic E-state index is -0.376. The summed E-state index contributed by atoms with van der Waals surface area (Å²) in [6, 6.07) is 0. The van der Waals surface area contributed by atoms with Gasteiger partial charge in [0, 0.05) is 17.8 Å². The van der Waals surface area contributed by atoms with Crippen molar-refractivity contribution < 1.29 is 9.53 Å². The van der Waals surface area contributed by atoms with Crippen LogP contribution in [0.25, 0.3) is 10.9 Å². The van der Waals surface area contributed by atoms with E-state index < -0.39 is 0 Å². The van der Waals surface area contributed by atoms with E-state index in [2.05, 4.69) is 9.97 Å². The number of halogens is 1. The Bertz CT molecular complexity index is 548. The topological polar surface area (TPSA) is 55.0 Å². The molecule has 4 nitrogen and oxygen atoms in total. The van der Waals surface area contributed by atoms with Crippen LogP contribution in [0.4, 0.5) is 0 Å². The zero-order chi connectivity index (χ0) is 11.7. The molecule has 84 valence electrons. The first-order chi connectivity index (χ1) is 7.65. The third-order valence-electron chi connectivity index (χ3n) is 2.36. The Balaban J connectivity index is 2.66. The summed E-state index contributed by atoms with van der Waals surface area (Å²) in [7, 11) is 0. The van der Waals surface area contributed by atoms with Crippen molar-refractivity contribution >= 4 is 28.5 Å². The summed E-state index contributed by atoms with van der Waals surface area (Å²) in [5.74, 6) is -0.376. The number of rotatable bonds is 2. The van der Waals surface area contributed by atoms with Crippen LogP contribution in [-0.4, -0.2) is 22.5 Å². The lowest BCUT2D eigenvalue weighted by Gasteiger charge is -2.04. The summed E-state index contributed by atoms with van der Waals surface area (Å²) in [6.07, 6.45) is 3.24. The molecule has 0 aliphatic rings. The molecule has 2 aromatic rings. The number of pyridine rings is 1. The number of carbonyl (C=O) groups excluding carboxylic acids is 1. The van der Waals surface area contributed by atoms with E-state index in [1.54, 1.807) is 13.1 Å². The average molecular weight is 239 g/mol. The van der Waals surface area contributed by atoms with Gasteiger partial charge in [0.25, 0.3) is 0 Å². The Hall–Kier alpha value is -1.55. The van der Waals surface area contributed by atoms with Gasteiger partial charge in [-0.2, -0.15) is 0 Å². The standard InChI is InChI=1S/C11H11ClN2O2/c1-3-16-11(15)7-5-14-10(12)9-8(7)6(2)4-13-9/h4-5,13H,3H2,1-2H3. The van der Waals surface area contributed by atoms with Crippen LogP contribution in [0.5, 0.6) is 0 Å². The van der Waals surface area contributed by atoms with Gasteiger partial charge in [0.15, 0.2) is 5.15 Å². The van der Waals surface area contributed by atoms with Gasteiger partial charge in [0.1, 0.15) is 0 Å². The van der Waals surface area contributed by atoms with Crippen LogP contribution in [0, 0.1) is 6.92 Å². The lowest BCUT2D eigenvalue weighted by molar-refractivity contribution is 0.0528. The third-order valence-corrected chi connectivity index (χ3v) is 2.64. The maximum atomic E-state index is 11.7. The number of fused-ring (bicyclic) bond motifs is 1. The summed E-state index contributed by atoms with van der Waals surface area (Å²) < 4.78 is 4.96. The molecule has 1 N–H and O–H groups in total. The van der Waals surface area contributed by atoms with Crippen LogP contribution in [0.3, 0.4) is 0 Å². The van der Waals surface area contributed by atoms with Gasteiger partial charge < -0.3 is 9.72 Å². The van der Waals surface area contributed by atoms with Crippen molar-refractivity contribution in [3.05, 3.63) is 28.7 Å². The van der Waals surface area contributed by atoms with E-state index in [1.165, 1.54) is 6.20 Å². The molecule has 0 amide bonds. The average Bonchev–Trinajstić information content (AvgIpc) is 2.63. The molecule has 0 atom stereocenters. The maximum absolute atomic E-state index is 11.7. The Morgan fingerprint density at radius 2 is 2.38 bits per heavy atom.